The van der Waals surface area contributed by atoms with Crippen LogP contribution in [0.25, 0.3) is 0 Å². The average molecular weight is 583 g/mol. The summed E-state index contributed by atoms with van der Waals surface area (Å²) in [7, 11) is 2.09. The molecule has 3 amide bonds. The predicted molar refractivity (Wildman–Crippen MR) is 167 cm³/mol. The number of hydrogen-bond donors (Lipinski definition) is 3. The van der Waals surface area contributed by atoms with Crippen LogP contribution in [-0.2, 0) is 11.3 Å². The lowest BCUT2D eigenvalue weighted by Gasteiger charge is -2.36. The van der Waals surface area contributed by atoms with Gasteiger partial charge in [-0.25, -0.2) is 4.79 Å². The summed E-state index contributed by atoms with van der Waals surface area (Å²) in [6, 6.07) is 14.7. The van der Waals surface area contributed by atoms with Gasteiger partial charge >= 0.3 is 6.03 Å². The lowest BCUT2D eigenvalue weighted by atomic mass is 10.0. The summed E-state index contributed by atoms with van der Waals surface area (Å²) in [5, 5.41) is 15.8. The van der Waals surface area contributed by atoms with Crippen LogP contribution in [0, 0.1) is 5.92 Å². The zero-order valence-electron chi connectivity index (χ0n) is 26.1. The molecule has 1 aliphatic rings. The molecule has 9 nitrogen and oxygen atoms in total. The third-order valence-electron chi connectivity index (χ3n) is 7.52. The van der Waals surface area contributed by atoms with E-state index < -0.39 is 6.04 Å². The maximum Gasteiger partial charge on any atom is 0.319 e. The molecule has 0 aliphatic carbocycles. The minimum atomic E-state index is -0.429. The highest BCUT2D eigenvalue weighted by Gasteiger charge is 2.30. The Balaban J connectivity index is 1.90. The van der Waals surface area contributed by atoms with Crippen molar-refractivity contribution >= 4 is 17.6 Å². The fraction of sp³-hybridized carbons (Fsp3) is 0.576. The number of aliphatic hydroxyl groups is 1. The molecule has 0 unspecified atom stereocenters. The van der Waals surface area contributed by atoms with Crippen molar-refractivity contribution in [1.82, 2.24) is 15.1 Å². The highest BCUT2D eigenvalue weighted by Crippen LogP contribution is 2.28. The second-order valence-corrected chi connectivity index (χ2v) is 11.9. The van der Waals surface area contributed by atoms with Crippen LogP contribution in [0.4, 0.5) is 10.5 Å². The van der Waals surface area contributed by atoms with E-state index in [1.165, 1.54) is 5.56 Å². The number of rotatable bonds is 8. The van der Waals surface area contributed by atoms with Crippen molar-refractivity contribution in [2.24, 2.45) is 5.92 Å². The van der Waals surface area contributed by atoms with Crippen molar-refractivity contribution in [2.75, 3.05) is 38.7 Å². The molecule has 42 heavy (non-hydrogen) atoms. The number of aliphatic hydroxyl groups excluding tert-OH is 1. The van der Waals surface area contributed by atoms with Crippen molar-refractivity contribution in [1.29, 1.82) is 0 Å². The first-order valence-electron chi connectivity index (χ1n) is 15.2. The molecule has 3 rings (SSSR count). The van der Waals surface area contributed by atoms with Crippen LogP contribution in [0.5, 0.6) is 5.75 Å². The van der Waals surface area contributed by atoms with Gasteiger partial charge in [-0.3, -0.25) is 9.69 Å². The van der Waals surface area contributed by atoms with Gasteiger partial charge < -0.3 is 30.1 Å². The largest absolute Gasteiger partial charge is 0.490 e. The average Bonchev–Trinajstić information content (AvgIpc) is 2.94. The van der Waals surface area contributed by atoms with Crippen molar-refractivity contribution < 1.29 is 24.2 Å². The van der Waals surface area contributed by atoms with Crippen LogP contribution < -0.4 is 15.4 Å². The number of anilines is 1. The minimum Gasteiger partial charge on any atom is -0.490 e. The Kier molecular flexibility index (Phi) is 13.1. The molecule has 0 aromatic heterocycles. The van der Waals surface area contributed by atoms with Gasteiger partial charge in [0.1, 0.15) is 5.75 Å². The molecule has 232 valence electrons. The first kappa shape index (κ1) is 33.4. The van der Waals surface area contributed by atoms with Crippen molar-refractivity contribution in [3.63, 3.8) is 0 Å². The number of fused-ring (bicyclic) bond motifs is 1. The summed E-state index contributed by atoms with van der Waals surface area (Å²) in [6.45, 7) is 12.1. The van der Waals surface area contributed by atoms with Gasteiger partial charge in [0.25, 0.3) is 5.91 Å². The number of likely N-dealkylation sites (N-methyl/N-ethyl adjacent to an activating group) is 1. The van der Waals surface area contributed by atoms with Crippen LogP contribution >= 0.6 is 0 Å². The van der Waals surface area contributed by atoms with E-state index in [1.807, 2.05) is 45.9 Å². The first-order chi connectivity index (χ1) is 20.1. The van der Waals surface area contributed by atoms with Gasteiger partial charge in [0.15, 0.2) is 0 Å². The van der Waals surface area contributed by atoms with Gasteiger partial charge in [0, 0.05) is 43.9 Å². The number of carbonyl (C=O) groups excluding carboxylic acids is 2. The second-order valence-electron chi connectivity index (χ2n) is 11.9. The van der Waals surface area contributed by atoms with Gasteiger partial charge in [0.05, 0.1) is 30.4 Å². The van der Waals surface area contributed by atoms with E-state index in [-0.39, 0.29) is 42.7 Å². The number of hydrogen-bond acceptors (Lipinski definition) is 6. The van der Waals surface area contributed by atoms with Gasteiger partial charge in [-0.05, 0) is 77.8 Å². The van der Waals surface area contributed by atoms with E-state index in [0.717, 1.165) is 25.8 Å². The molecule has 3 N–H and O–H groups in total. The van der Waals surface area contributed by atoms with E-state index in [9.17, 15) is 14.7 Å². The number of ether oxygens (including phenoxy) is 2. The molecule has 0 saturated carbocycles. The standard InChI is InChI=1S/C33H50N4O5/c1-23(2)34-33(40)35-28-15-16-30-29(18-28)32(39)37(25(4)22-38)19-24(3)31(41-17-11-10-12-26(5)42-30)21-36(6)20-27-13-8-7-9-14-27/h7-9,13-16,18,23-26,31,38H,10-12,17,19-22H2,1-6H3,(H2,34,35,40)/t24-,25-,26+,31+/m1/s1. The summed E-state index contributed by atoms with van der Waals surface area (Å²) < 4.78 is 12.7. The third-order valence-corrected chi connectivity index (χ3v) is 7.52. The summed E-state index contributed by atoms with van der Waals surface area (Å²) in [5.74, 6) is 0.204. The van der Waals surface area contributed by atoms with Gasteiger partial charge in [0.2, 0.25) is 0 Å². The molecule has 0 saturated heterocycles. The SMILES string of the molecule is CC(C)NC(=O)Nc1ccc2c(c1)C(=O)N([C@H](C)CO)C[C@@H](C)[C@H](CN(C)Cc1ccccc1)OCCCC[C@H](C)O2. The molecule has 1 aliphatic heterocycles. The van der Waals surface area contributed by atoms with Gasteiger partial charge in [-0.1, -0.05) is 37.3 Å². The topological polar surface area (TPSA) is 103 Å². The summed E-state index contributed by atoms with van der Waals surface area (Å²) in [4.78, 5) is 30.6. The number of nitrogens with zero attached hydrogens (tertiary/aromatic N) is 2. The molecule has 0 bridgehead atoms. The maximum atomic E-state index is 14.2. The third kappa shape index (κ3) is 10.3. The number of amides is 3. The normalized spacial score (nSPS) is 21.3. The number of urea groups is 1. The van der Waals surface area contributed by atoms with Crippen LogP contribution in [0.15, 0.2) is 48.5 Å². The molecular formula is C33H50N4O5. The molecule has 0 spiro atoms. The fourth-order valence-corrected chi connectivity index (χ4v) is 5.16. The zero-order chi connectivity index (χ0) is 30.6. The van der Waals surface area contributed by atoms with E-state index >= 15 is 0 Å². The highest BCUT2D eigenvalue weighted by molar-refractivity contribution is 5.99. The first-order valence-corrected chi connectivity index (χ1v) is 15.2. The number of nitrogens with one attached hydrogen (secondary N) is 2. The second kappa shape index (κ2) is 16.5. The lowest BCUT2D eigenvalue weighted by Crippen LogP contribution is -2.47. The molecule has 2 aromatic carbocycles. The Labute approximate surface area is 251 Å². The predicted octanol–water partition coefficient (Wildman–Crippen LogP) is 5.14. The van der Waals surface area contributed by atoms with E-state index in [0.29, 0.717) is 36.7 Å². The number of benzene rings is 2. The quantitative estimate of drug-likeness (QED) is 0.398. The monoisotopic (exact) mass is 582 g/mol. The maximum absolute atomic E-state index is 14.2. The summed E-state index contributed by atoms with van der Waals surface area (Å²) in [6.07, 6.45) is 2.45. The van der Waals surface area contributed by atoms with E-state index in [2.05, 4.69) is 41.6 Å². The molecule has 0 fully saturated rings. The van der Waals surface area contributed by atoms with Crippen LogP contribution in [0.3, 0.4) is 0 Å². The van der Waals surface area contributed by atoms with E-state index in [1.54, 1.807) is 23.1 Å². The Morgan fingerprint density at radius 3 is 2.55 bits per heavy atom. The van der Waals surface area contributed by atoms with Gasteiger partial charge in [-0.2, -0.15) is 0 Å². The molecule has 4 atom stereocenters. The smallest absolute Gasteiger partial charge is 0.319 e. The van der Waals surface area contributed by atoms with Crippen LogP contribution in [0.2, 0.25) is 0 Å². The minimum absolute atomic E-state index is 0.00877. The highest BCUT2D eigenvalue weighted by atomic mass is 16.5. The Morgan fingerprint density at radius 1 is 1.12 bits per heavy atom. The van der Waals surface area contributed by atoms with Crippen molar-refractivity contribution in [3.05, 3.63) is 59.7 Å². The Morgan fingerprint density at radius 2 is 1.86 bits per heavy atom. The summed E-state index contributed by atoms with van der Waals surface area (Å²) >= 11 is 0. The molecule has 0 radical (unpaired) electrons. The molecule has 2 aromatic rings. The summed E-state index contributed by atoms with van der Waals surface area (Å²) in [5.41, 5.74) is 2.08. The number of carbonyl (C=O) groups is 2. The molecule has 9 heteroatoms. The van der Waals surface area contributed by atoms with Crippen molar-refractivity contribution in [3.8, 4) is 5.75 Å². The van der Waals surface area contributed by atoms with Crippen LogP contribution in [-0.4, -0.2) is 84.5 Å². The van der Waals surface area contributed by atoms with Crippen LogP contribution in [0.1, 0.15) is 69.8 Å². The van der Waals surface area contributed by atoms with Gasteiger partial charge in [-0.15, -0.1) is 0 Å². The van der Waals surface area contributed by atoms with E-state index in [4.69, 9.17) is 9.47 Å². The molecular weight excluding hydrogens is 532 g/mol. The fourth-order valence-electron chi connectivity index (χ4n) is 5.16. The Bertz CT molecular complexity index is 1130. The Hall–Kier alpha value is -3.14. The van der Waals surface area contributed by atoms with Crippen molar-refractivity contribution in [2.45, 2.75) is 84.7 Å². The zero-order valence-corrected chi connectivity index (χ0v) is 26.1. The molecule has 1 heterocycles. The lowest BCUT2D eigenvalue weighted by molar-refractivity contribution is -0.0177.